The van der Waals surface area contributed by atoms with Crippen LogP contribution in [0.15, 0.2) is 52.8 Å². The van der Waals surface area contributed by atoms with E-state index in [-0.39, 0.29) is 10.6 Å². The highest BCUT2D eigenvalue weighted by atomic mass is 32.2. The number of hydrogen-bond acceptors (Lipinski definition) is 6. The van der Waals surface area contributed by atoms with Crippen molar-refractivity contribution in [3.05, 3.63) is 63.6 Å². The van der Waals surface area contributed by atoms with Crippen molar-refractivity contribution in [2.75, 3.05) is 14.2 Å². The van der Waals surface area contributed by atoms with E-state index >= 15 is 0 Å². The molecule has 0 amide bonds. The number of rotatable bonds is 6. The second-order valence-electron chi connectivity index (χ2n) is 4.68. The summed E-state index contributed by atoms with van der Waals surface area (Å²) in [6.45, 7) is 0. The Bertz CT molecular complexity index is 872. The maximum Gasteiger partial charge on any atom is 0.269 e. The van der Waals surface area contributed by atoms with Crippen molar-refractivity contribution in [1.29, 1.82) is 0 Å². The molecule has 2 aromatic rings. The highest BCUT2D eigenvalue weighted by molar-refractivity contribution is 7.94. The third kappa shape index (κ3) is 3.72. The average Bonchev–Trinajstić information content (AvgIpc) is 2.59. The van der Waals surface area contributed by atoms with Crippen LogP contribution < -0.4 is 9.47 Å². The van der Waals surface area contributed by atoms with Crippen LogP contribution in [0.4, 0.5) is 5.69 Å². The number of non-ortho nitro benzene ring substituents is 1. The number of benzene rings is 2. The topological polar surface area (TPSA) is 95.7 Å². The summed E-state index contributed by atoms with van der Waals surface area (Å²) in [4.78, 5) is 9.99. The minimum absolute atomic E-state index is 0.0359. The Hall–Kier alpha value is -2.87. The quantitative estimate of drug-likeness (QED) is 0.587. The molecule has 0 aliphatic carbocycles. The zero-order valence-corrected chi connectivity index (χ0v) is 13.8. The first-order valence-electron chi connectivity index (χ1n) is 6.77. The zero-order valence-electron chi connectivity index (χ0n) is 13.0. The van der Waals surface area contributed by atoms with E-state index in [1.54, 1.807) is 18.2 Å². The van der Waals surface area contributed by atoms with Gasteiger partial charge < -0.3 is 9.47 Å². The van der Waals surface area contributed by atoms with E-state index < -0.39 is 14.8 Å². The fourth-order valence-electron chi connectivity index (χ4n) is 2.04. The van der Waals surface area contributed by atoms with E-state index in [0.717, 1.165) is 17.5 Å². The Kier molecular flexibility index (Phi) is 5.20. The predicted molar refractivity (Wildman–Crippen MR) is 88.9 cm³/mol. The lowest BCUT2D eigenvalue weighted by Gasteiger charge is -2.09. The molecule has 0 saturated heterocycles. The Morgan fingerprint density at radius 3 is 2.25 bits per heavy atom. The third-order valence-corrected chi connectivity index (χ3v) is 4.66. The monoisotopic (exact) mass is 349 g/mol. The number of nitro groups is 1. The van der Waals surface area contributed by atoms with Crippen LogP contribution in [0.2, 0.25) is 0 Å². The Morgan fingerprint density at radius 1 is 1.04 bits per heavy atom. The molecule has 0 atom stereocenters. The maximum atomic E-state index is 12.3. The van der Waals surface area contributed by atoms with E-state index in [1.165, 1.54) is 32.4 Å². The van der Waals surface area contributed by atoms with Gasteiger partial charge in [-0.05, 0) is 24.3 Å². The summed E-state index contributed by atoms with van der Waals surface area (Å²) in [5.41, 5.74) is 0.356. The summed E-state index contributed by atoms with van der Waals surface area (Å²) in [7, 11) is -0.802. The SMILES string of the molecule is COc1cccc(/C=C/S(=O)(=O)c2ccc([N+](=O)[O-])cc2)c1OC. The molecule has 0 heterocycles. The van der Waals surface area contributed by atoms with E-state index in [2.05, 4.69) is 0 Å². The molecule has 2 rings (SSSR count). The van der Waals surface area contributed by atoms with Crippen molar-refractivity contribution < 1.29 is 22.8 Å². The van der Waals surface area contributed by atoms with Crippen molar-refractivity contribution in [3.8, 4) is 11.5 Å². The van der Waals surface area contributed by atoms with E-state index in [9.17, 15) is 18.5 Å². The molecular formula is C16H15NO6S. The van der Waals surface area contributed by atoms with Crippen LogP contribution in [-0.2, 0) is 9.84 Å². The van der Waals surface area contributed by atoms with Gasteiger partial charge in [-0.3, -0.25) is 10.1 Å². The molecule has 2 aromatic carbocycles. The molecule has 0 fully saturated rings. The normalized spacial score (nSPS) is 11.4. The van der Waals surface area contributed by atoms with Crippen molar-refractivity contribution in [2.24, 2.45) is 0 Å². The van der Waals surface area contributed by atoms with Gasteiger partial charge in [-0.2, -0.15) is 0 Å². The predicted octanol–water partition coefficient (Wildman–Crippen LogP) is 3.06. The Balaban J connectivity index is 2.35. The van der Waals surface area contributed by atoms with E-state index in [1.807, 2.05) is 0 Å². The number of nitrogens with zero attached hydrogens (tertiary/aromatic N) is 1. The van der Waals surface area contributed by atoms with Crippen molar-refractivity contribution in [1.82, 2.24) is 0 Å². The standard InChI is InChI=1S/C16H15NO6S/c1-22-15-5-3-4-12(16(15)23-2)10-11-24(20,21)14-8-6-13(7-9-14)17(18)19/h3-11H,1-2H3/b11-10+. The first kappa shape index (κ1) is 17.5. The van der Waals surface area contributed by atoms with Gasteiger partial charge >= 0.3 is 0 Å². The minimum atomic E-state index is -3.75. The second-order valence-corrected chi connectivity index (χ2v) is 6.52. The summed E-state index contributed by atoms with van der Waals surface area (Å²) < 4.78 is 35.0. The molecule has 24 heavy (non-hydrogen) atoms. The summed E-state index contributed by atoms with van der Waals surface area (Å²) in [5.74, 6) is 0.891. The summed E-state index contributed by atoms with van der Waals surface area (Å²) >= 11 is 0. The largest absolute Gasteiger partial charge is 0.493 e. The van der Waals surface area contributed by atoms with Crippen LogP contribution in [0.1, 0.15) is 5.56 Å². The second kappa shape index (κ2) is 7.14. The number of para-hydroxylation sites is 1. The molecule has 0 N–H and O–H groups in total. The fourth-order valence-corrected chi connectivity index (χ4v) is 3.04. The van der Waals surface area contributed by atoms with Crippen molar-refractivity contribution in [2.45, 2.75) is 4.90 Å². The molecule has 0 aliphatic rings. The van der Waals surface area contributed by atoms with Gasteiger partial charge in [-0.25, -0.2) is 8.42 Å². The minimum Gasteiger partial charge on any atom is -0.493 e. The number of nitro benzene ring substituents is 1. The van der Waals surface area contributed by atoms with Crippen LogP contribution >= 0.6 is 0 Å². The molecular weight excluding hydrogens is 334 g/mol. The Morgan fingerprint density at radius 2 is 1.71 bits per heavy atom. The molecule has 0 unspecified atom stereocenters. The summed E-state index contributed by atoms with van der Waals surface area (Å²) in [6.07, 6.45) is 1.39. The smallest absolute Gasteiger partial charge is 0.269 e. The van der Waals surface area contributed by atoms with Crippen LogP contribution in [0.3, 0.4) is 0 Å². The van der Waals surface area contributed by atoms with Gasteiger partial charge in [0.25, 0.3) is 5.69 Å². The number of hydrogen-bond donors (Lipinski definition) is 0. The summed E-state index contributed by atoms with van der Waals surface area (Å²) in [6, 6.07) is 9.77. The van der Waals surface area contributed by atoms with Crippen LogP contribution in [-0.4, -0.2) is 27.6 Å². The first-order chi connectivity index (χ1) is 11.4. The lowest BCUT2D eigenvalue weighted by atomic mass is 10.2. The van der Waals surface area contributed by atoms with Gasteiger partial charge in [0.15, 0.2) is 21.3 Å². The molecule has 0 spiro atoms. The molecule has 126 valence electrons. The first-order valence-corrected chi connectivity index (χ1v) is 8.32. The van der Waals surface area contributed by atoms with Crippen LogP contribution in [0.25, 0.3) is 6.08 Å². The number of ether oxygens (including phenoxy) is 2. The highest BCUT2D eigenvalue weighted by Gasteiger charge is 2.14. The van der Waals surface area contributed by atoms with Gasteiger partial charge in [0.1, 0.15) is 0 Å². The Labute approximate surface area is 139 Å². The van der Waals surface area contributed by atoms with Crippen LogP contribution in [0, 0.1) is 10.1 Å². The average molecular weight is 349 g/mol. The number of methoxy groups -OCH3 is 2. The van der Waals surface area contributed by atoms with Gasteiger partial charge in [0.05, 0.1) is 24.0 Å². The van der Waals surface area contributed by atoms with E-state index in [4.69, 9.17) is 9.47 Å². The van der Waals surface area contributed by atoms with E-state index in [0.29, 0.717) is 17.1 Å². The van der Waals surface area contributed by atoms with Crippen LogP contribution in [0.5, 0.6) is 11.5 Å². The van der Waals surface area contributed by atoms with Gasteiger partial charge in [-0.15, -0.1) is 0 Å². The highest BCUT2D eigenvalue weighted by Crippen LogP contribution is 2.32. The number of sulfone groups is 1. The van der Waals surface area contributed by atoms with Crippen molar-refractivity contribution in [3.63, 3.8) is 0 Å². The summed E-state index contributed by atoms with van der Waals surface area (Å²) in [5, 5.41) is 11.6. The molecule has 0 radical (unpaired) electrons. The lowest BCUT2D eigenvalue weighted by molar-refractivity contribution is -0.384. The molecule has 0 aromatic heterocycles. The van der Waals surface area contributed by atoms with Gasteiger partial charge in [0, 0.05) is 23.1 Å². The third-order valence-electron chi connectivity index (χ3n) is 3.24. The molecule has 0 aliphatic heterocycles. The van der Waals surface area contributed by atoms with Gasteiger partial charge in [0.2, 0.25) is 0 Å². The zero-order chi connectivity index (χ0) is 17.7. The fraction of sp³-hybridized carbons (Fsp3) is 0.125. The molecule has 7 nitrogen and oxygen atoms in total. The van der Waals surface area contributed by atoms with Crippen molar-refractivity contribution >= 4 is 21.6 Å². The molecule has 0 saturated carbocycles. The van der Waals surface area contributed by atoms with Gasteiger partial charge in [-0.1, -0.05) is 12.1 Å². The maximum absolute atomic E-state index is 12.3. The molecule has 8 heteroatoms. The molecule has 0 bridgehead atoms. The lowest BCUT2D eigenvalue weighted by Crippen LogP contribution is -1.97.